The maximum Gasteiger partial charge on any atom is 0.122 e. The van der Waals surface area contributed by atoms with Crippen LogP contribution in [0.2, 0.25) is 0 Å². The van der Waals surface area contributed by atoms with Crippen molar-refractivity contribution in [2.45, 2.75) is 26.7 Å². The van der Waals surface area contributed by atoms with E-state index in [2.05, 4.69) is 53.3 Å². The molecule has 1 rings (SSSR count). The van der Waals surface area contributed by atoms with Gasteiger partial charge in [-0.05, 0) is 55.6 Å². The van der Waals surface area contributed by atoms with Crippen molar-refractivity contribution in [1.82, 2.24) is 5.32 Å². The molecule has 0 heterocycles. The van der Waals surface area contributed by atoms with Crippen LogP contribution in [0.1, 0.15) is 25.8 Å². The second kappa shape index (κ2) is 9.16. The number of rotatable bonds is 8. The van der Waals surface area contributed by atoms with E-state index in [1.807, 2.05) is 12.1 Å². The van der Waals surface area contributed by atoms with Crippen LogP contribution in [0.15, 0.2) is 34.8 Å². The Balaban J connectivity index is 2.33. The van der Waals surface area contributed by atoms with Crippen molar-refractivity contribution < 1.29 is 4.74 Å². The molecule has 0 bridgehead atoms. The lowest BCUT2D eigenvalue weighted by Crippen LogP contribution is -2.20. The predicted molar refractivity (Wildman–Crippen MR) is 85.9 cm³/mol. The molecule has 1 aromatic rings. The molecular formula is C16H24BrNO. The highest BCUT2D eigenvalue weighted by Crippen LogP contribution is 2.23. The number of benzene rings is 1. The number of ether oxygens (including phenoxy) is 1. The van der Waals surface area contributed by atoms with Gasteiger partial charge < -0.3 is 10.1 Å². The Morgan fingerprint density at radius 2 is 2.11 bits per heavy atom. The molecule has 0 aromatic heterocycles. The maximum absolute atomic E-state index is 5.36. The van der Waals surface area contributed by atoms with Gasteiger partial charge in [-0.15, -0.1) is 0 Å². The topological polar surface area (TPSA) is 21.3 Å². The van der Waals surface area contributed by atoms with Crippen LogP contribution in [0.3, 0.4) is 0 Å². The molecule has 0 aliphatic heterocycles. The third-order valence-electron chi connectivity index (χ3n) is 2.79. The van der Waals surface area contributed by atoms with Gasteiger partial charge in [-0.2, -0.15) is 0 Å². The van der Waals surface area contributed by atoms with Gasteiger partial charge in [0.1, 0.15) is 5.75 Å². The van der Waals surface area contributed by atoms with Gasteiger partial charge in [0, 0.05) is 4.47 Å². The van der Waals surface area contributed by atoms with Gasteiger partial charge in [0.2, 0.25) is 0 Å². The lowest BCUT2D eigenvalue weighted by Gasteiger charge is -2.07. The minimum atomic E-state index is 0.718. The fraction of sp³-hybridized carbons (Fsp3) is 0.500. The van der Waals surface area contributed by atoms with E-state index in [-0.39, 0.29) is 0 Å². The van der Waals surface area contributed by atoms with Gasteiger partial charge in [0.05, 0.1) is 7.11 Å². The second-order valence-corrected chi connectivity index (χ2v) is 5.93. The molecule has 0 aliphatic rings. The van der Waals surface area contributed by atoms with Crippen molar-refractivity contribution in [3.05, 3.63) is 40.4 Å². The lowest BCUT2D eigenvalue weighted by atomic mass is 10.1. The first kappa shape index (κ1) is 16.3. The predicted octanol–water partition coefficient (Wildman–Crippen LogP) is 4.19. The molecule has 2 nitrogen and oxygen atoms in total. The molecule has 1 N–H and O–H groups in total. The van der Waals surface area contributed by atoms with E-state index < -0.39 is 0 Å². The van der Waals surface area contributed by atoms with Crippen molar-refractivity contribution in [3.63, 3.8) is 0 Å². The molecule has 106 valence electrons. The third kappa shape index (κ3) is 6.79. The van der Waals surface area contributed by atoms with Crippen LogP contribution in [-0.4, -0.2) is 20.2 Å². The highest BCUT2D eigenvalue weighted by atomic mass is 79.9. The van der Waals surface area contributed by atoms with E-state index in [1.54, 1.807) is 7.11 Å². The van der Waals surface area contributed by atoms with E-state index >= 15 is 0 Å². The molecule has 0 unspecified atom stereocenters. The Kier molecular flexibility index (Phi) is 7.84. The van der Waals surface area contributed by atoms with E-state index in [0.29, 0.717) is 0 Å². The standard InChI is InChI=1S/C16H24BrNO/c1-13(2)12-18-10-6-4-5-7-14-11-15(17)8-9-16(14)19-3/h4-5,8-9,11,13,18H,6-7,10,12H2,1-3H3. The Morgan fingerprint density at radius 3 is 2.79 bits per heavy atom. The van der Waals surface area contributed by atoms with E-state index in [9.17, 15) is 0 Å². The molecule has 0 spiro atoms. The van der Waals surface area contributed by atoms with E-state index in [0.717, 1.165) is 42.1 Å². The Hall–Kier alpha value is -0.800. The monoisotopic (exact) mass is 325 g/mol. The van der Waals surface area contributed by atoms with E-state index in [1.165, 1.54) is 5.56 Å². The highest BCUT2D eigenvalue weighted by Gasteiger charge is 2.01. The van der Waals surface area contributed by atoms with Crippen LogP contribution in [0.5, 0.6) is 5.75 Å². The number of methoxy groups -OCH3 is 1. The molecule has 0 aliphatic carbocycles. The molecule has 0 radical (unpaired) electrons. The quantitative estimate of drug-likeness (QED) is 0.571. The summed E-state index contributed by atoms with van der Waals surface area (Å²) in [6.45, 7) is 6.59. The average molecular weight is 326 g/mol. The summed E-state index contributed by atoms with van der Waals surface area (Å²) in [6, 6.07) is 6.11. The summed E-state index contributed by atoms with van der Waals surface area (Å²) in [5, 5.41) is 3.43. The van der Waals surface area contributed by atoms with Gasteiger partial charge >= 0.3 is 0 Å². The minimum Gasteiger partial charge on any atom is -0.496 e. The zero-order valence-electron chi connectivity index (χ0n) is 12.1. The van der Waals surface area contributed by atoms with Gasteiger partial charge in [0.15, 0.2) is 0 Å². The van der Waals surface area contributed by atoms with Crippen LogP contribution in [0, 0.1) is 5.92 Å². The largest absolute Gasteiger partial charge is 0.496 e. The average Bonchev–Trinajstić information content (AvgIpc) is 2.37. The summed E-state index contributed by atoms with van der Waals surface area (Å²) in [7, 11) is 1.71. The van der Waals surface area contributed by atoms with Gasteiger partial charge in [0.25, 0.3) is 0 Å². The lowest BCUT2D eigenvalue weighted by molar-refractivity contribution is 0.410. The number of allylic oxidation sites excluding steroid dienone is 1. The van der Waals surface area contributed by atoms with Crippen LogP contribution in [0.4, 0.5) is 0 Å². The second-order valence-electron chi connectivity index (χ2n) is 5.02. The third-order valence-corrected chi connectivity index (χ3v) is 3.28. The van der Waals surface area contributed by atoms with Crippen molar-refractivity contribution in [2.24, 2.45) is 5.92 Å². The van der Waals surface area contributed by atoms with Gasteiger partial charge in [-0.3, -0.25) is 0 Å². The summed E-state index contributed by atoms with van der Waals surface area (Å²) < 4.78 is 6.45. The first-order valence-corrected chi connectivity index (χ1v) is 7.61. The number of hydrogen-bond donors (Lipinski definition) is 1. The van der Waals surface area contributed by atoms with Crippen LogP contribution < -0.4 is 10.1 Å². The first-order chi connectivity index (χ1) is 9.13. The number of hydrogen-bond acceptors (Lipinski definition) is 2. The van der Waals surface area contributed by atoms with Crippen LogP contribution in [-0.2, 0) is 6.42 Å². The molecule has 0 saturated carbocycles. The smallest absolute Gasteiger partial charge is 0.122 e. The molecule has 0 atom stereocenters. The fourth-order valence-corrected chi connectivity index (χ4v) is 2.22. The molecule has 0 fully saturated rings. The zero-order chi connectivity index (χ0) is 14.1. The van der Waals surface area contributed by atoms with Crippen LogP contribution >= 0.6 is 15.9 Å². The van der Waals surface area contributed by atoms with Crippen molar-refractivity contribution in [1.29, 1.82) is 0 Å². The van der Waals surface area contributed by atoms with Crippen molar-refractivity contribution in [3.8, 4) is 5.75 Å². The Morgan fingerprint density at radius 1 is 1.32 bits per heavy atom. The van der Waals surface area contributed by atoms with Crippen molar-refractivity contribution >= 4 is 15.9 Å². The van der Waals surface area contributed by atoms with Gasteiger partial charge in [-0.25, -0.2) is 0 Å². The number of nitrogens with one attached hydrogen (secondary N) is 1. The summed E-state index contributed by atoms with van der Waals surface area (Å²) in [4.78, 5) is 0. The molecule has 1 aromatic carbocycles. The van der Waals surface area contributed by atoms with Crippen molar-refractivity contribution in [2.75, 3.05) is 20.2 Å². The van der Waals surface area contributed by atoms with E-state index in [4.69, 9.17) is 4.74 Å². The first-order valence-electron chi connectivity index (χ1n) is 6.81. The SMILES string of the molecule is COc1ccc(Br)cc1CC=CCCNCC(C)C. The summed E-state index contributed by atoms with van der Waals surface area (Å²) >= 11 is 3.49. The molecule has 19 heavy (non-hydrogen) atoms. The molecule has 0 saturated heterocycles. The highest BCUT2D eigenvalue weighted by molar-refractivity contribution is 9.10. The fourth-order valence-electron chi connectivity index (χ4n) is 1.81. The molecule has 0 amide bonds. The maximum atomic E-state index is 5.36. The summed E-state index contributed by atoms with van der Waals surface area (Å²) in [5.74, 6) is 1.67. The van der Waals surface area contributed by atoms with Gasteiger partial charge in [-0.1, -0.05) is 41.9 Å². The summed E-state index contributed by atoms with van der Waals surface area (Å²) in [6.07, 6.45) is 6.42. The Bertz CT molecular complexity index is 402. The zero-order valence-corrected chi connectivity index (χ0v) is 13.7. The molecular weight excluding hydrogens is 302 g/mol. The normalized spacial score (nSPS) is 11.4. The number of halogens is 1. The minimum absolute atomic E-state index is 0.718. The van der Waals surface area contributed by atoms with Crippen LogP contribution in [0.25, 0.3) is 0 Å². The molecule has 3 heteroatoms. The Labute approximate surface area is 125 Å². The summed E-state index contributed by atoms with van der Waals surface area (Å²) in [5.41, 5.74) is 1.21.